The molecule has 0 aliphatic heterocycles. The predicted molar refractivity (Wildman–Crippen MR) is 169 cm³/mol. The summed E-state index contributed by atoms with van der Waals surface area (Å²) in [5.74, 6) is -2.12. The number of halogens is 2. The Kier molecular flexibility index (Phi) is 11.3. The summed E-state index contributed by atoms with van der Waals surface area (Å²) >= 11 is 6.82. The largest absolute Gasteiger partial charge is 0.481 e. The van der Waals surface area contributed by atoms with E-state index in [-0.39, 0.29) is 18.0 Å². The number of benzene rings is 4. The maximum Gasteiger partial charge on any atom is 0.309 e. The molecule has 214 valence electrons. The van der Waals surface area contributed by atoms with Gasteiger partial charge in [-0.3, -0.25) is 4.79 Å². The van der Waals surface area contributed by atoms with Crippen LogP contribution in [0.5, 0.6) is 0 Å². The van der Waals surface area contributed by atoms with Crippen molar-refractivity contribution < 1.29 is 18.3 Å². The molecule has 0 aliphatic rings. The molecule has 0 saturated carbocycles. The van der Waals surface area contributed by atoms with E-state index >= 15 is 0 Å². The molecule has 4 aromatic rings. The lowest BCUT2D eigenvalue weighted by atomic mass is 9.92. The lowest BCUT2D eigenvalue weighted by Crippen LogP contribution is -2.44. The number of carboxylic acids is 1. The Morgan fingerprint density at radius 2 is 1.27 bits per heavy atom. The number of sulfonamides is 1. The van der Waals surface area contributed by atoms with Crippen molar-refractivity contribution in [3.05, 3.63) is 135 Å². The number of hydrogen-bond acceptors (Lipinski definition) is 4. The van der Waals surface area contributed by atoms with Gasteiger partial charge in [-0.15, -0.1) is 0 Å². The van der Waals surface area contributed by atoms with Crippen LogP contribution in [0.2, 0.25) is 0 Å². The van der Waals surface area contributed by atoms with E-state index in [9.17, 15) is 18.3 Å². The van der Waals surface area contributed by atoms with Gasteiger partial charge < -0.3 is 10.4 Å². The van der Waals surface area contributed by atoms with Crippen LogP contribution in [0.3, 0.4) is 0 Å². The normalized spacial score (nSPS) is 13.1. The molecule has 0 bridgehead atoms. The highest BCUT2D eigenvalue weighted by molar-refractivity contribution is 9.10. The van der Waals surface area contributed by atoms with E-state index in [1.807, 2.05) is 84.9 Å². The zero-order chi connectivity index (χ0) is 29.2. The van der Waals surface area contributed by atoms with Crippen LogP contribution in [-0.2, 0) is 27.7 Å². The summed E-state index contributed by atoms with van der Waals surface area (Å²) in [4.78, 5) is 13.0. The summed E-state index contributed by atoms with van der Waals surface area (Å²) in [5.41, 5.74) is 2.88. The monoisotopic (exact) mass is 698 g/mol. The number of aliphatic carboxylic acids is 1. The molecule has 0 aromatic heterocycles. The van der Waals surface area contributed by atoms with Crippen LogP contribution in [0, 0.1) is 5.92 Å². The van der Waals surface area contributed by atoms with E-state index < -0.39 is 28.0 Å². The summed E-state index contributed by atoms with van der Waals surface area (Å²) in [6.45, 7) is 0.473. The molecule has 0 aliphatic carbocycles. The first-order valence-electron chi connectivity index (χ1n) is 13.3. The molecule has 2 N–H and O–H groups in total. The van der Waals surface area contributed by atoms with Crippen molar-refractivity contribution >= 4 is 47.9 Å². The third-order valence-electron chi connectivity index (χ3n) is 6.91. The Morgan fingerprint density at radius 3 is 1.80 bits per heavy atom. The Hall–Kier alpha value is -2.82. The molecule has 0 heterocycles. The average Bonchev–Trinajstić information content (AvgIpc) is 2.97. The highest BCUT2D eigenvalue weighted by Crippen LogP contribution is 2.28. The fourth-order valence-corrected chi connectivity index (χ4v) is 6.68. The molecule has 2 unspecified atom stereocenters. The molecule has 0 fully saturated rings. The number of nitrogens with zero attached hydrogens (tertiary/aromatic N) is 1. The van der Waals surface area contributed by atoms with Gasteiger partial charge in [-0.05, 0) is 72.5 Å². The lowest BCUT2D eigenvalue weighted by molar-refractivity contribution is -0.143. The highest BCUT2D eigenvalue weighted by Gasteiger charge is 2.35. The van der Waals surface area contributed by atoms with E-state index in [4.69, 9.17) is 0 Å². The summed E-state index contributed by atoms with van der Waals surface area (Å²) < 4.78 is 30.8. The Labute approximate surface area is 258 Å². The SMILES string of the molecule is O=C(O)C(CN(CCc1ccccc1)S(=O)(=O)c1ccc(Br)cc1)C(NCCc1ccccc1)c1ccc(Br)cc1. The van der Waals surface area contributed by atoms with Gasteiger partial charge in [0.2, 0.25) is 10.0 Å². The second kappa shape index (κ2) is 14.9. The number of rotatable bonds is 14. The van der Waals surface area contributed by atoms with Crippen LogP contribution >= 0.6 is 31.9 Å². The van der Waals surface area contributed by atoms with Gasteiger partial charge in [0.05, 0.1) is 10.8 Å². The first kappa shape index (κ1) is 31.1. The number of carbonyl (C=O) groups is 1. The summed E-state index contributed by atoms with van der Waals surface area (Å²) in [7, 11) is -3.99. The third-order valence-corrected chi connectivity index (χ3v) is 9.85. The lowest BCUT2D eigenvalue weighted by Gasteiger charge is -2.31. The minimum Gasteiger partial charge on any atom is -0.481 e. The average molecular weight is 700 g/mol. The van der Waals surface area contributed by atoms with Crippen molar-refractivity contribution in [2.45, 2.75) is 23.8 Å². The van der Waals surface area contributed by atoms with Crippen molar-refractivity contribution in [1.29, 1.82) is 0 Å². The van der Waals surface area contributed by atoms with Gasteiger partial charge >= 0.3 is 5.97 Å². The van der Waals surface area contributed by atoms with Crippen LogP contribution in [0.15, 0.2) is 123 Å². The van der Waals surface area contributed by atoms with Gasteiger partial charge in [0.25, 0.3) is 0 Å². The van der Waals surface area contributed by atoms with E-state index in [0.29, 0.717) is 19.4 Å². The van der Waals surface area contributed by atoms with Crippen LogP contribution in [0.4, 0.5) is 0 Å². The van der Waals surface area contributed by atoms with Gasteiger partial charge in [0.15, 0.2) is 0 Å². The molecule has 0 amide bonds. The summed E-state index contributed by atoms with van der Waals surface area (Å²) in [6, 6.07) is 32.8. The zero-order valence-electron chi connectivity index (χ0n) is 22.4. The fourth-order valence-electron chi connectivity index (χ4n) is 4.69. The van der Waals surface area contributed by atoms with Crippen molar-refractivity contribution in [1.82, 2.24) is 9.62 Å². The van der Waals surface area contributed by atoms with E-state index in [1.54, 1.807) is 12.1 Å². The molecule has 4 aromatic carbocycles. The van der Waals surface area contributed by atoms with Crippen LogP contribution < -0.4 is 5.32 Å². The van der Waals surface area contributed by atoms with Gasteiger partial charge in [0.1, 0.15) is 0 Å². The molecule has 9 heteroatoms. The quantitative estimate of drug-likeness (QED) is 0.153. The van der Waals surface area contributed by atoms with E-state index in [2.05, 4.69) is 37.2 Å². The summed E-state index contributed by atoms with van der Waals surface area (Å²) in [6.07, 6.45) is 1.16. The predicted octanol–water partition coefficient (Wildman–Crippen LogP) is 6.72. The molecule has 6 nitrogen and oxygen atoms in total. The first-order chi connectivity index (χ1) is 19.7. The second-order valence-electron chi connectivity index (χ2n) is 9.72. The third kappa shape index (κ3) is 8.83. The second-order valence-corrected chi connectivity index (χ2v) is 13.5. The number of nitrogens with one attached hydrogen (secondary N) is 1. The molecule has 0 spiro atoms. The van der Waals surface area contributed by atoms with Gasteiger partial charge in [-0.1, -0.05) is 105 Å². The molecule has 2 atom stereocenters. The van der Waals surface area contributed by atoms with Crippen molar-refractivity contribution in [3.8, 4) is 0 Å². The molecular weight excluding hydrogens is 668 g/mol. The minimum absolute atomic E-state index is 0.120. The number of hydrogen-bond donors (Lipinski definition) is 2. The minimum atomic E-state index is -3.99. The Morgan fingerprint density at radius 1 is 0.756 bits per heavy atom. The first-order valence-corrected chi connectivity index (χ1v) is 16.3. The summed E-state index contributed by atoms with van der Waals surface area (Å²) in [5, 5.41) is 13.9. The van der Waals surface area contributed by atoms with Crippen LogP contribution in [-0.4, -0.2) is 43.4 Å². The van der Waals surface area contributed by atoms with E-state index in [1.165, 1.54) is 16.4 Å². The standard InChI is InChI=1S/C32H32Br2N2O4S/c33-27-13-11-26(12-14-27)31(35-21-19-24-7-3-1-4-8-24)30(32(37)38)23-36(22-20-25-9-5-2-6-10-25)41(39,40)29-17-15-28(34)16-18-29/h1-18,30-31,35H,19-23H2,(H,37,38). The smallest absolute Gasteiger partial charge is 0.309 e. The van der Waals surface area contributed by atoms with Crippen molar-refractivity contribution in [2.24, 2.45) is 5.92 Å². The zero-order valence-corrected chi connectivity index (χ0v) is 26.4. The number of carboxylic acid groups (broad SMARTS) is 1. The van der Waals surface area contributed by atoms with Crippen molar-refractivity contribution in [2.75, 3.05) is 19.6 Å². The van der Waals surface area contributed by atoms with Crippen LogP contribution in [0.25, 0.3) is 0 Å². The maximum absolute atomic E-state index is 13.9. The maximum atomic E-state index is 13.9. The molecule has 4 rings (SSSR count). The Balaban J connectivity index is 1.65. The highest BCUT2D eigenvalue weighted by atomic mass is 79.9. The molecule has 0 saturated heterocycles. The molecule has 0 radical (unpaired) electrons. The fraction of sp³-hybridized carbons (Fsp3) is 0.219. The topological polar surface area (TPSA) is 86.7 Å². The van der Waals surface area contributed by atoms with Gasteiger partial charge in [0, 0.05) is 28.1 Å². The molecular formula is C32H32Br2N2O4S. The van der Waals surface area contributed by atoms with Gasteiger partial charge in [-0.2, -0.15) is 4.31 Å². The van der Waals surface area contributed by atoms with E-state index in [0.717, 1.165) is 25.6 Å². The van der Waals surface area contributed by atoms with Crippen molar-refractivity contribution in [3.63, 3.8) is 0 Å². The molecule has 41 heavy (non-hydrogen) atoms. The Bertz CT molecular complexity index is 1500. The van der Waals surface area contributed by atoms with Gasteiger partial charge in [-0.25, -0.2) is 8.42 Å². The van der Waals surface area contributed by atoms with Crippen LogP contribution in [0.1, 0.15) is 22.7 Å².